The zero-order valence-corrected chi connectivity index (χ0v) is 16.9. The molecule has 2 aromatic rings. The SMILES string of the molecule is CCOC(=O)C(C)Oc1cc2oc(=O)cc(C)c2cc1CCC(=O)OC(C)C. The van der Waals surface area contributed by atoms with E-state index in [9.17, 15) is 14.4 Å². The standard InChI is InChI=1S/C21H26O7/c1-6-25-21(24)14(5)27-17-11-18-16(13(4)9-20(23)28-18)10-15(17)7-8-19(22)26-12(2)3/h9-12,14H,6-8H2,1-5H3. The van der Waals surface area contributed by atoms with Gasteiger partial charge in [0.25, 0.3) is 0 Å². The molecule has 0 fully saturated rings. The average molecular weight is 390 g/mol. The molecule has 0 bridgehead atoms. The third kappa shape index (κ3) is 5.58. The van der Waals surface area contributed by atoms with E-state index in [0.29, 0.717) is 23.3 Å². The zero-order chi connectivity index (χ0) is 20.8. The van der Waals surface area contributed by atoms with Crippen LogP contribution in [0.3, 0.4) is 0 Å². The van der Waals surface area contributed by atoms with Crippen molar-refractivity contribution in [1.82, 2.24) is 0 Å². The molecule has 1 unspecified atom stereocenters. The largest absolute Gasteiger partial charge is 0.479 e. The fourth-order valence-corrected chi connectivity index (χ4v) is 2.75. The lowest BCUT2D eigenvalue weighted by Gasteiger charge is -2.17. The second-order valence-corrected chi connectivity index (χ2v) is 6.76. The van der Waals surface area contributed by atoms with E-state index in [0.717, 1.165) is 10.9 Å². The lowest BCUT2D eigenvalue weighted by atomic mass is 10.0. The van der Waals surface area contributed by atoms with Crippen LogP contribution in [0.4, 0.5) is 0 Å². The van der Waals surface area contributed by atoms with Crippen LogP contribution in [-0.4, -0.2) is 30.8 Å². The summed E-state index contributed by atoms with van der Waals surface area (Å²) in [6, 6.07) is 4.78. The number of hydrogen-bond donors (Lipinski definition) is 0. The molecule has 1 aromatic carbocycles. The van der Waals surface area contributed by atoms with Gasteiger partial charge in [-0.15, -0.1) is 0 Å². The smallest absolute Gasteiger partial charge is 0.347 e. The van der Waals surface area contributed by atoms with Crippen molar-refractivity contribution in [3.8, 4) is 5.75 Å². The summed E-state index contributed by atoms with van der Waals surface area (Å²) in [6.07, 6.45) is -0.537. The number of benzene rings is 1. The number of fused-ring (bicyclic) bond motifs is 1. The van der Waals surface area contributed by atoms with Crippen LogP contribution in [0.1, 0.15) is 45.2 Å². The number of rotatable bonds is 8. The second kappa shape index (κ2) is 9.39. The molecule has 0 aliphatic rings. The molecule has 1 heterocycles. The summed E-state index contributed by atoms with van der Waals surface area (Å²) in [5, 5.41) is 0.739. The second-order valence-electron chi connectivity index (χ2n) is 6.76. The molecule has 7 nitrogen and oxygen atoms in total. The van der Waals surface area contributed by atoms with Gasteiger partial charge in [-0.05, 0) is 58.2 Å². The molecule has 0 N–H and O–H groups in total. The molecule has 0 aliphatic heterocycles. The lowest BCUT2D eigenvalue weighted by Crippen LogP contribution is -2.26. The Morgan fingerprint density at radius 3 is 2.50 bits per heavy atom. The predicted octanol–water partition coefficient (Wildman–Crippen LogP) is 3.32. The number of carbonyl (C=O) groups excluding carboxylic acids is 2. The Morgan fingerprint density at radius 1 is 1.14 bits per heavy atom. The Hall–Kier alpha value is -2.83. The van der Waals surface area contributed by atoms with E-state index in [1.807, 2.05) is 6.07 Å². The van der Waals surface area contributed by atoms with E-state index in [-0.39, 0.29) is 25.1 Å². The van der Waals surface area contributed by atoms with Gasteiger partial charge >= 0.3 is 17.6 Å². The summed E-state index contributed by atoms with van der Waals surface area (Å²) in [6.45, 7) is 8.91. The Kier molecular flexibility index (Phi) is 7.20. The van der Waals surface area contributed by atoms with Crippen molar-refractivity contribution in [1.29, 1.82) is 0 Å². The minimum absolute atomic E-state index is 0.156. The van der Waals surface area contributed by atoms with Crippen molar-refractivity contribution in [2.45, 2.75) is 59.7 Å². The molecular formula is C21H26O7. The molecule has 7 heteroatoms. The summed E-state index contributed by atoms with van der Waals surface area (Å²) in [7, 11) is 0. The highest BCUT2D eigenvalue weighted by Gasteiger charge is 2.20. The Balaban J connectivity index is 2.38. The summed E-state index contributed by atoms with van der Waals surface area (Å²) in [4.78, 5) is 35.5. The van der Waals surface area contributed by atoms with Crippen LogP contribution in [0.2, 0.25) is 0 Å². The number of ether oxygens (including phenoxy) is 3. The van der Waals surface area contributed by atoms with Gasteiger partial charge in [0.15, 0.2) is 6.10 Å². The Labute approximate surface area is 163 Å². The zero-order valence-electron chi connectivity index (χ0n) is 16.9. The molecule has 152 valence electrons. The van der Waals surface area contributed by atoms with Gasteiger partial charge in [-0.3, -0.25) is 4.79 Å². The van der Waals surface area contributed by atoms with Crippen molar-refractivity contribution < 1.29 is 28.2 Å². The van der Waals surface area contributed by atoms with E-state index >= 15 is 0 Å². The maximum Gasteiger partial charge on any atom is 0.347 e. The Bertz CT molecular complexity index is 911. The molecule has 28 heavy (non-hydrogen) atoms. The van der Waals surface area contributed by atoms with Gasteiger partial charge in [-0.25, -0.2) is 9.59 Å². The van der Waals surface area contributed by atoms with Crippen LogP contribution < -0.4 is 10.4 Å². The van der Waals surface area contributed by atoms with Gasteiger partial charge in [0.1, 0.15) is 11.3 Å². The molecule has 1 aromatic heterocycles. The van der Waals surface area contributed by atoms with Crippen LogP contribution in [0.5, 0.6) is 5.75 Å². The van der Waals surface area contributed by atoms with Crippen molar-refractivity contribution in [3.63, 3.8) is 0 Å². The van der Waals surface area contributed by atoms with E-state index in [4.69, 9.17) is 18.6 Å². The lowest BCUT2D eigenvalue weighted by molar-refractivity contribution is -0.150. The van der Waals surface area contributed by atoms with Crippen molar-refractivity contribution in [3.05, 3.63) is 39.7 Å². The maximum absolute atomic E-state index is 11.9. The first-order valence-corrected chi connectivity index (χ1v) is 9.31. The van der Waals surface area contributed by atoms with E-state index in [1.165, 1.54) is 6.07 Å². The van der Waals surface area contributed by atoms with E-state index in [1.54, 1.807) is 40.7 Å². The van der Waals surface area contributed by atoms with Crippen LogP contribution in [-0.2, 0) is 25.5 Å². The van der Waals surface area contributed by atoms with Gasteiger partial charge in [-0.2, -0.15) is 0 Å². The van der Waals surface area contributed by atoms with Gasteiger partial charge in [0, 0.05) is 23.9 Å². The normalized spacial score (nSPS) is 12.1. The minimum Gasteiger partial charge on any atom is -0.479 e. The van der Waals surface area contributed by atoms with E-state index in [2.05, 4.69) is 0 Å². The number of carbonyl (C=O) groups is 2. The fourth-order valence-electron chi connectivity index (χ4n) is 2.75. The number of esters is 2. The third-order valence-corrected chi connectivity index (χ3v) is 4.02. The molecule has 0 spiro atoms. The molecule has 0 amide bonds. The first kappa shape index (κ1) is 21.5. The first-order chi connectivity index (χ1) is 13.2. The topological polar surface area (TPSA) is 92.0 Å². The van der Waals surface area contributed by atoms with Crippen LogP contribution in [0.25, 0.3) is 11.0 Å². The van der Waals surface area contributed by atoms with Crippen LogP contribution >= 0.6 is 0 Å². The molecular weight excluding hydrogens is 364 g/mol. The highest BCUT2D eigenvalue weighted by molar-refractivity contribution is 5.83. The van der Waals surface area contributed by atoms with Gasteiger partial charge in [-0.1, -0.05) is 0 Å². The number of aryl methyl sites for hydroxylation is 2. The highest BCUT2D eigenvalue weighted by Crippen LogP contribution is 2.29. The maximum atomic E-state index is 11.9. The first-order valence-electron chi connectivity index (χ1n) is 9.31. The summed E-state index contributed by atoms with van der Waals surface area (Å²) in [5.41, 5.74) is 1.34. The van der Waals surface area contributed by atoms with Crippen molar-refractivity contribution >= 4 is 22.9 Å². The molecule has 2 rings (SSSR count). The van der Waals surface area contributed by atoms with Crippen molar-refractivity contribution in [2.75, 3.05) is 6.61 Å². The van der Waals surface area contributed by atoms with Crippen LogP contribution in [0, 0.1) is 6.92 Å². The third-order valence-electron chi connectivity index (χ3n) is 4.02. The van der Waals surface area contributed by atoms with Gasteiger partial charge in [0.2, 0.25) is 0 Å². The van der Waals surface area contributed by atoms with Crippen LogP contribution in [0.15, 0.2) is 27.4 Å². The summed E-state index contributed by atoms with van der Waals surface area (Å²) >= 11 is 0. The monoisotopic (exact) mass is 390 g/mol. The van der Waals surface area contributed by atoms with Gasteiger partial charge in [0.05, 0.1) is 12.7 Å². The fraction of sp³-hybridized carbons (Fsp3) is 0.476. The predicted molar refractivity (Wildman–Crippen MR) is 103 cm³/mol. The summed E-state index contributed by atoms with van der Waals surface area (Å²) in [5.74, 6) is -0.464. The number of hydrogen-bond acceptors (Lipinski definition) is 7. The van der Waals surface area contributed by atoms with Gasteiger partial charge < -0.3 is 18.6 Å². The molecule has 0 aliphatic carbocycles. The molecule has 0 saturated carbocycles. The molecule has 0 saturated heterocycles. The summed E-state index contributed by atoms with van der Waals surface area (Å²) < 4.78 is 21.2. The van der Waals surface area contributed by atoms with Crippen molar-refractivity contribution in [2.24, 2.45) is 0 Å². The quantitative estimate of drug-likeness (QED) is 0.504. The molecule has 0 radical (unpaired) electrons. The highest BCUT2D eigenvalue weighted by atomic mass is 16.6. The average Bonchev–Trinajstić information content (AvgIpc) is 2.59. The van der Waals surface area contributed by atoms with E-state index < -0.39 is 17.7 Å². The Morgan fingerprint density at radius 2 is 1.86 bits per heavy atom. The molecule has 1 atom stereocenters. The minimum atomic E-state index is -0.852.